The Balaban J connectivity index is 1.83. The average molecular weight is 289 g/mol. The Morgan fingerprint density at radius 1 is 0.864 bits per heavy atom. The van der Waals surface area contributed by atoms with Crippen molar-refractivity contribution in [1.29, 1.82) is 0 Å². The first-order valence-corrected chi connectivity index (χ1v) is 6.74. The van der Waals surface area contributed by atoms with Crippen LogP contribution in [0.2, 0.25) is 0 Å². The Morgan fingerprint density at radius 2 is 1.68 bits per heavy atom. The van der Waals surface area contributed by atoms with Crippen molar-refractivity contribution in [3.05, 3.63) is 54.9 Å². The smallest absolute Gasteiger partial charge is 0.219 e. The van der Waals surface area contributed by atoms with Crippen LogP contribution >= 0.6 is 0 Å². The number of phenolic OH excluding ortho intramolecular Hbond substituents is 1. The lowest BCUT2D eigenvalue weighted by molar-refractivity contribution is 0.483. The molecule has 6 nitrogen and oxygen atoms in total. The van der Waals surface area contributed by atoms with Crippen LogP contribution in [0.5, 0.6) is 5.75 Å². The molecular formula is C16H11N5O. The Labute approximate surface area is 125 Å². The quantitative estimate of drug-likeness (QED) is 0.592. The molecule has 22 heavy (non-hydrogen) atoms. The lowest BCUT2D eigenvalue weighted by Gasteiger charge is -2.05. The molecule has 0 amide bonds. The van der Waals surface area contributed by atoms with Crippen LogP contribution in [-0.4, -0.2) is 30.3 Å². The van der Waals surface area contributed by atoms with Gasteiger partial charge in [0.25, 0.3) is 0 Å². The second-order valence-electron chi connectivity index (χ2n) is 4.76. The van der Waals surface area contributed by atoms with Gasteiger partial charge in [-0.05, 0) is 17.5 Å². The fourth-order valence-corrected chi connectivity index (χ4v) is 2.34. The summed E-state index contributed by atoms with van der Waals surface area (Å²) < 4.78 is 0. The van der Waals surface area contributed by atoms with Crippen molar-refractivity contribution in [1.82, 2.24) is 25.1 Å². The number of hydrogen-bond acceptors (Lipinski definition) is 5. The van der Waals surface area contributed by atoms with Gasteiger partial charge in [0, 0.05) is 17.8 Å². The summed E-state index contributed by atoms with van der Waals surface area (Å²) >= 11 is 0. The van der Waals surface area contributed by atoms with E-state index in [0.717, 1.165) is 10.8 Å². The van der Waals surface area contributed by atoms with E-state index in [1.54, 1.807) is 18.5 Å². The summed E-state index contributed by atoms with van der Waals surface area (Å²) in [5.74, 6) is 1.48. The number of nitrogens with one attached hydrogen (secondary N) is 1. The predicted molar refractivity (Wildman–Crippen MR) is 82.0 cm³/mol. The van der Waals surface area contributed by atoms with Crippen molar-refractivity contribution in [2.75, 3.05) is 0 Å². The van der Waals surface area contributed by atoms with E-state index in [1.807, 2.05) is 36.4 Å². The highest BCUT2D eigenvalue weighted by atomic mass is 16.3. The van der Waals surface area contributed by atoms with E-state index in [0.29, 0.717) is 23.0 Å². The van der Waals surface area contributed by atoms with Crippen molar-refractivity contribution in [3.8, 4) is 28.8 Å². The van der Waals surface area contributed by atoms with Crippen molar-refractivity contribution in [3.63, 3.8) is 0 Å². The van der Waals surface area contributed by atoms with Crippen LogP contribution in [0.3, 0.4) is 0 Å². The third-order valence-corrected chi connectivity index (χ3v) is 3.41. The maximum atomic E-state index is 10.5. The summed E-state index contributed by atoms with van der Waals surface area (Å²) in [6, 6.07) is 13.1. The summed E-state index contributed by atoms with van der Waals surface area (Å²) in [6.45, 7) is 0. The molecule has 2 aromatic carbocycles. The molecule has 2 aromatic heterocycles. The first kappa shape index (κ1) is 12.5. The predicted octanol–water partition coefficient (Wildman–Crippen LogP) is 2.79. The number of aromatic nitrogens is 5. The highest BCUT2D eigenvalue weighted by Gasteiger charge is 2.14. The molecule has 0 aliphatic carbocycles. The van der Waals surface area contributed by atoms with Gasteiger partial charge >= 0.3 is 0 Å². The lowest BCUT2D eigenvalue weighted by atomic mass is 10.1. The molecule has 6 heteroatoms. The van der Waals surface area contributed by atoms with Crippen LogP contribution in [0.25, 0.3) is 33.8 Å². The Hall–Kier alpha value is -3.28. The number of phenols is 1. The van der Waals surface area contributed by atoms with Gasteiger partial charge in [-0.15, -0.1) is 5.10 Å². The minimum atomic E-state index is 0.176. The van der Waals surface area contributed by atoms with Gasteiger partial charge in [0.2, 0.25) is 5.82 Å². The highest BCUT2D eigenvalue weighted by Crippen LogP contribution is 2.34. The molecule has 0 saturated heterocycles. The van der Waals surface area contributed by atoms with E-state index in [1.165, 1.54) is 0 Å². The molecule has 0 saturated carbocycles. The molecular weight excluding hydrogens is 278 g/mol. The minimum absolute atomic E-state index is 0.176. The number of fused-ring (bicyclic) bond motifs is 1. The maximum absolute atomic E-state index is 10.5. The van der Waals surface area contributed by atoms with Gasteiger partial charge in [0.1, 0.15) is 5.75 Å². The van der Waals surface area contributed by atoms with Gasteiger partial charge in [-0.1, -0.05) is 30.3 Å². The standard InChI is InChI=1S/C16H11N5O/c22-13-11-5-2-1-4-10(11)6-7-12(13)14-19-16(21-20-14)15-17-8-3-9-18-15/h1-9,22H,(H,19,20,21). The summed E-state index contributed by atoms with van der Waals surface area (Å²) in [6.07, 6.45) is 3.26. The minimum Gasteiger partial charge on any atom is -0.507 e. The molecule has 106 valence electrons. The number of aromatic hydroxyl groups is 1. The van der Waals surface area contributed by atoms with Gasteiger partial charge < -0.3 is 5.11 Å². The number of benzene rings is 2. The summed E-state index contributed by atoms with van der Waals surface area (Å²) in [7, 11) is 0. The van der Waals surface area contributed by atoms with Crippen LogP contribution in [0.4, 0.5) is 0 Å². The average Bonchev–Trinajstić information content (AvgIpc) is 3.06. The zero-order valence-corrected chi connectivity index (χ0v) is 11.4. The Morgan fingerprint density at radius 3 is 2.55 bits per heavy atom. The highest BCUT2D eigenvalue weighted by molar-refractivity contribution is 5.93. The largest absolute Gasteiger partial charge is 0.507 e. The van der Waals surface area contributed by atoms with Crippen LogP contribution in [0.15, 0.2) is 54.9 Å². The third kappa shape index (κ3) is 1.98. The second kappa shape index (κ2) is 4.92. The number of rotatable bonds is 2. The van der Waals surface area contributed by atoms with Crippen LogP contribution in [-0.2, 0) is 0 Å². The number of aromatic amines is 1. The molecule has 4 rings (SSSR count). The second-order valence-corrected chi connectivity index (χ2v) is 4.76. The van der Waals surface area contributed by atoms with Crippen molar-refractivity contribution < 1.29 is 5.11 Å². The molecule has 0 fully saturated rings. The van der Waals surface area contributed by atoms with E-state index >= 15 is 0 Å². The van der Waals surface area contributed by atoms with Gasteiger partial charge in [-0.25, -0.2) is 15.0 Å². The molecule has 0 aliphatic rings. The molecule has 0 atom stereocenters. The van der Waals surface area contributed by atoms with Crippen molar-refractivity contribution >= 4 is 10.8 Å². The topological polar surface area (TPSA) is 87.6 Å². The SMILES string of the molecule is Oc1c(-c2nc(-c3ncccn3)n[nH]2)ccc2ccccc12. The Kier molecular flexibility index (Phi) is 2.79. The third-order valence-electron chi connectivity index (χ3n) is 3.41. The van der Waals surface area contributed by atoms with Crippen molar-refractivity contribution in [2.24, 2.45) is 0 Å². The molecule has 0 aliphatic heterocycles. The summed E-state index contributed by atoms with van der Waals surface area (Å²) in [5, 5.41) is 19.1. The molecule has 4 aromatic rings. The van der Waals surface area contributed by atoms with E-state index in [4.69, 9.17) is 0 Å². The summed E-state index contributed by atoms with van der Waals surface area (Å²) in [5.41, 5.74) is 0.591. The molecule has 2 heterocycles. The molecule has 0 bridgehead atoms. The van der Waals surface area contributed by atoms with Crippen LogP contribution in [0, 0.1) is 0 Å². The summed E-state index contributed by atoms with van der Waals surface area (Å²) in [4.78, 5) is 12.6. The maximum Gasteiger partial charge on any atom is 0.219 e. The van der Waals surface area contributed by atoms with Crippen LogP contribution in [0.1, 0.15) is 0 Å². The fraction of sp³-hybridized carbons (Fsp3) is 0. The van der Waals surface area contributed by atoms with Crippen molar-refractivity contribution in [2.45, 2.75) is 0 Å². The number of nitrogens with zero attached hydrogens (tertiary/aromatic N) is 4. The number of H-pyrrole nitrogens is 1. The zero-order chi connectivity index (χ0) is 14.9. The van der Waals surface area contributed by atoms with Gasteiger partial charge in [-0.2, -0.15) is 0 Å². The van der Waals surface area contributed by atoms with E-state index < -0.39 is 0 Å². The first-order chi connectivity index (χ1) is 10.8. The molecule has 0 spiro atoms. The van der Waals surface area contributed by atoms with Gasteiger partial charge in [0.05, 0.1) is 5.56 Å². The normalized spacial score (nSPS) is 10.9. The molecule has 2 N–H and O–H groups in total. The lowest BCUT2D eigenvalue weighted by Crippen LogP contribution is -1.88. The van der Waals surface area contributed by atoms with E-state index in [9.17, 15) is 5.11 Å². The van der Waals surface area contributed by atoms with Gasteiger partial charge in [0.15, 0.2) is 11.6 Å². The van der Waals surface area contributed by atoms with E-state index in [2.05, 4.69) is 25.1 Å². The number of hydrogen-bond donors (Lipinski definition) is 2. The van der Waals surface area contributed by atoms with Crippen LogP contribution < -0.4 is 0 Å². The zero-order valence-electron chi connectivity index (χ0n) is 11.4. The first-order valence-electron chi connectivity index (χ1n) is 6.74. The fourth-order valence-electron chi connectivity index (χ4n) is 2.34. The monoisotopic (exact) mass is 289 g/mol. The Bertz CT molecular complexity index is 949. The van der Waals surface area contributed by atoms with Gasteiger partial charge in [-0.3, -0.25) is 5.10 Å². The molecule has 0 unspecified atom stereocenters. The molecule has 0 radical (unpaired) electrons. The van der Waals surface area contributed by atoms with E-state index in [-0.39, 0.29) is 5.75 Å².